The molecule has 0 aliphatic heterocycles. The first-order chi connectivity index (χ1) is 34.8. The van der Waals surface area contributed by atoms with Gasteiger partial charge in [0.2, 0.25) is 0 Å². The molecule has 0 saturated carbocycles. The van der Waals surface area contributed by atoms with Crippen molar-refractivity contribution in [3.05, 3.63) is 214 Å². The minimum absolute atomic E-state index is 0.146. The molecule has 7 aromatic carbocycles. The third-order valence-corrected chi connectivity index (χ3v) is 14.1. The fourth-order valence-electron chi connectivity index (χ4n) is 8.05. The summed E-state index contributed by atoms with van der Waals surface area (Å²) in [6, 6.07) is 50.5. The fourth-order valence-corrected chi connectivity index (χ4v) is 8.05. The van der Waals surface area contributed by atoms with E-state index in [4.69, 9.17) is 30.6 Å². The molecule has 12 heteroatoms. The fraction of sp³-hybridized carbons (Fsp3) is 0.323. The zero-order valence-electron chi connectivity index (χ0n) is 43.8. The van der Waals surface area contributed by atoms with Crippen molar-refractivity contribution in [2.24, 2.45) is 11.3 Å². The Labute approximate surface area is 436 Å². The first kappa shape index (κ1) is 59.7. The predicted molar refractivity (Wildman–Crippen MR) is 291 cm³/mol. The Morgan fingerprint density at radius 3 is 0.581 bits per heavy atom. The topological polar surface area (TPSA) is 243 Å². The van der Waals surface area contributed by atoms with Gasteiger partial charge in [0.25, 0.3) is 0 Å². The Bertz CT molecular complexity index is 2450. The maximum atomic E-state index is 9.85. The molecule has 0 unspecified atom stereocenters. The second-order valence-electron chi connectivity index (χ2n) is 20.8. The van der Waals surface area contributed by atoms with Crippen molar-refractivity contribution in [1.82, 2.24) is 0 Å². The number of rotatable bonds is 15. The summed E-state index contributed by atoms with van der Waals surface area (Å²) in [5.41, 5.74) is 7.80. The highest BCUT2D eigenvalue weighted by Gasteiger charge is 2.34. The Hall–Kier alpha value is -6.90. The molecule has 0 radical (unpaired) electrons. The monoisotopic (exact) mass is 1010 g/mol. The van der Waals surface area contributed by atoms with Crippen LogP contribution in [0.2, 0.25) is 0 Å². The molecule has 0 aliphatic carbocycles. The molecule has 0 heterocycles. The highest BCUT2D eigenvalue weighted by Crippen LogP contribution is 2.43. The lowest BCUT2D eigenvalue weighted by Crippen LogP contribution is -2.29. The molecular weight excluding hydrogens is 937 g/mol. The second kappa shape index (κ2) is 25.9. The third kappa shape index (κ3) is 14.9. The van der Waals surface area contributed by atoms with Crippen LogP contribution in [-0.2, 0) is 21.7 Å². The molecule has 12 N–H and O–H groups in total. The van der Waals surface area contributed by atoms with Gasteiger partial charge in [0, 0.05) is 33.0 Å². The van der Waals surface area contributed by atoms with Crippen LogP contribution in [0.4, 0.5) is 0 Å². The lowest BCUT2D eigenvalue weighted by Gasteiger charge is -2.35. The van der Waals surface area contributed by atoms with E-state index >= 15 is 0 Å². The Morgan fingerprint density at radius 2 is 0.446 bits per heavy atom. The lowest BCUT2D eigenvalue weighted by molar-refractivity contribution is 0.0200. The largest absolute Gasteiger partial charge is 0.508 e. The molecule has 0 aliphatic rings. The van der Waals surface area contributed by atoms with Crippen LogP contribution in [0.25, 0.3) is 0 Å². The van der Waals surface area contributed by atoms with E-state index in [9.17, 15) is 30.6 Å². The van der Waals surface area contributed by atoms with Crippen LogP contribution < -0.4 is 0 Å². The highest BCUT2D eigenvalue weighted by molar-refractivity contribution is 5.53. The molecule has 74 heavy (non-hydrogen) atoms. The number of phenols is 6. The Morgan fingerprint density at radius 1 is 0.270 bits per heavy atom. The van der Waals surface area contributed by atoms with Crippen molar-refractivity contribution < 1.29 is 61.3 Å². The van der Waals surface area contributed by atoms with Crippen LogP contribution in [0.3, 0.4) is 0 Å². The van der Waals surface area contributed by atoms with Gasteiger partial charge >= 0.3 is 0 Å². The van der Waals surface area contributed by atoms with Gasteiger partial charge in [-0.05, 0) is 130 Å². The van der Waals surface area contributed by atoms with Crippen molar-refractivity contribution in [3.8, 4) is 34.5 Å². The number of aliphatic hydroxyl groups is 6. The van der Waals surface area contributed by atoms with Gasteiger partial charge in [-0.1, -0.05) is 139 Å². The maximum Gasteiger partial charge on any atom is 0.115 e. The Balaban J connectivity index is 0.000000264. The molecule has 7 rings (SSSR count). The van der Waals surface area contributed by atoms with Crippen LogP contribution in [0.15, 0.2) is 164 Å². The first-order valence-electron chi connectivity index (χ1n) is 24.4. The summed E-state index contributed by atoms with van der Waals surface area (Å²) in [5, 5.41) is 108. The summed E-state index contributed by atoms with van der Waals surface area (Å²) >= 11 is 0. The minimum Gasteiger partial charge on any atom is -0.508 e. The summed E-state index contributed by atoms with van der Waals surface area (Å²) < 4.78 is 0. The van der Waals surface area contributed by atoms with E-state index in [2.05, 4.69) is 66.7 Å². The van der Waals surface area contributed by atoms with E-state index in [1.807, 2.05) is 72.8 Å². The number of hydrogen-bond acceptors (Lipinski definition) is 12. The summed E-state index contributed by atoms with van der Waals surface area (Å²) in [7, 11) is 0. The van der Waals surface area contributed by atoms with Crippen molar-refractivity contribution in [3.63, 3.8) is 0 Å². The molecule has 12 nitrogen and oxygen atoms in total. The molecule has 0 spiro atoms. The first-order valence-corrected chi connectivity index (χ1v) is 24.4. The number of hydrogen-bond donors (Lipinski definition) is 12. The van der Waals surface area contributed by atoms with E-state index in [0.29, 0.717) is 0 Å². The maximum absolute atomic E-state index is 9.85. The minimum atomic E-state index is -0.708. The van der Waals surface area contributed by atoms with Crippen LogP contribution in [-0.4, -0.2) is 101 Å². The second-order valence-corrected chi connectivity index (χ2v) is 20.8. The normalized spacial score (nSPS) is 11.9. The van der Waals surface area contributed by atoms with Gasteiger partial charge in [0.15, 0.2) is 0 Å². The molecule has 0 amide bonds. The molecule has 0 bridgehead atoms. The van der Waals surface area contributed by atoms with Crippen LogP contribution >= 0.6 is 0 Å². The van der Waals surface area contributed by atoms with E-state index in [-0.39, 0.29) is 96.3 Å². The number of aliphatic hydroxyl groups excluding tert-OH is 6. The van der Waals surface area contributed by atoms with Gasteiger partial charge in [-0.3, -0.25) is 0 Å². The Kier molecular flexibility index (Phi) is 20.8. The van der Waals surface area contributed by atoms with Crippen molar-refractivity contribution >= 4 is 0 Å². The molecule has 0 atom stereocenters. The van der Waals surface area contributed by atoms with E-state index in [0.717, 1.165) is 33.4 Å². The molecule has 0 saturated heterocycles. The van der Waals surface area contributed by atoms with E-state index in [1.54, 1.807) is 79.7 Å². The van der Waals surface area contributed by atoms with Gasteiger partial charge in [0.1, 0.15) is 34.5 Å². The number of benzene rings is 7. The zero-order valence-corrected chi connectivity index (χ0v) is 43.8. The predicted octanol–water partition coefficient (Wildman–Crippen LogP) is 9.49. The van der Waals surface area contributed by atoms with Gasteiger partial charge in [0.05, 0.1) is 39.6 Å². The average molecular weight is 1010 g/mol. The van der Waals surface area contributed by atoms with Crippen molar-refractivity contribution in [2.45, 2.75) is 77.0 Å². The molecule has 396 valence electrons. The zero-order chi connectivity index (χ0) is 55.1. The van der Waals surface area contributed by atoms with E-state index in [1.165, 1.54) is 16.7 Å². The van der Waals surface area contributed by atoms with Gasteiger partial charge in [-0.25, -0.2) is 0 Å². The standard InChI is InChI=1S/C33H36O3.C20H18O3.C5H12O3.C4H10O3/c1-31(2,22-7-13-28(34)14-8-22)25-19-26(32(3,4)23-9-15-29(35)16-10-23)21-27(20-25)33(5,6)24-11-17-30(36)18-12-24;1-20(14-2-8-17(21)9-3-14,15-4-10-18(22)11-5-15)16-6-12-19(23)13-7-16;1-5(2-6,3-7)4-8;5-1-4(2-6)3-7/h7-21,34-36H,1-6H3;2-13,21-23H,1H3;6-8H,2-4H2,1H3;4-7H,1-3H2. The smallest absolute Gasteiger partial charge is 0.115 e. The quantitative estimate of drug-likeness (QED) is 0.0430. The van der Waals surface area contributed by atoms with Gasteiger partial charge in [-0.2, -0.15) is 0 Å². The van der Waals surface area contributed by atoms with E-state index < -0.39 is 10.8 Å². The van der Waals surface area contributed by atoms with Crippen molar-refractivity contribution in [1.29, 1.82) is 0 Å². The molecular formula is C62H76O12. The number of aromatic hydroxyl groups is 6. The van der Waals surface area contributed by atoms with Gasteiger partial charge in [-0.15, -0.1) is 0 Å². The molecule has 0 aromatic heterocycles. The van der Waals surface area contributed by atoms with Gasteiger partial charge < -0.3 is 61.3 Å². The van der Waals surface area contributed by atoms with Crippen LogP contribution in [0, 0.1) is 11.3 Å². The summed E-state index contributed by atoms with van der Waals surface area (Å²) in [5.74, 6) is 1.07. The highest BCUT2D eigenvalue weighted by atomic mass is 16.3. The SMILES string of the molecule is CC(C)(c1ccc(O)cc1)c1cc(C(C)(C)c2ccc(O)cc2)cc(C(C)(C)c2ccc(O)cc2)c1.CC(CO)(CO)CO.CC(c1ccc(O)cc1)(c1ccc(O)cc1)c1ccc(O)cc1.OCC(CO)CO. The number of phenolic OH excluding ortho intramolecular Hbond substituents is 6. The molecule has 0 fully saturated rings. The lowest BCUT2D eigenvalue weighted by atomic mass is 9.69. The van der Waals surface area contributed by atoms with Crippen LogP contribution in [0.5, 0.6) is 34.5 Å². The third-order valence-electron chi connectivity index (χ3n) is 14.1. The average Bonchev–Trinajstić information content (AvgIpc) is 3.40. The van der Waals surface area contributed by atoms with Crippen LogP contribution in [0.1, 0.15) is 105 Å². The summed E-state index contributed by atoms with van der Waals surface area (Å²) in [6.07, 6.45) is 0. The van der Waals surface area contributed by atoms with Crippen molar-refractivity contribution in [2.75, 3.05) is 39.6 Å². The summed E-state index contributed by atoms with van der Waals surface area (Å²) in [6.45, 7) is 16.0. The molecule has 7 aromatic rings. The summed E-state index contributed by atoms with van der Waals surface area (Å²) in [4.78, 5) is 0.